The highest BCUT2D eigenvalue weighted by Gasteiger charge is 2.13. The molecule has 0 bridgehead atoms. The molecule has 1 aromatic carbocycles. The third-order valence-corrected chi connectivity index (χ3v) is 3.76. The number of nitrogens with zero attached hydrogens (tertiary/aromatic N) is 1. The average Bonchev–Trinajstić information content (AvgIpc) is 2.48. The molecule has 0 unspecified atom stereocenters. The maximum atomic E-state index is 12.4. The lowest BCUT2D eigenvalue weighted by atomic mass is 10.1. The van der Waals surface area contributed by atoms with E-state index in [-0.39, 0.29) is 5.91 Å². The monoisotopic (exact) mass is 290 g/mol. The summed E-state index contributed by atoms with van der Waals surface area (Å²) in [6.07, 6.45) is 7.56. The van der Waals surface area contributed by atoms with Gasteiger partial charge in [-0.2, -0.15) is 0 Å². The highest BCUT2D eigenvalue weighted by Crippen LogP contribution is 2.15. The summed E-state index contributed by atoms with van der Waals surface area (Å²) in [4.78, 5) is 14.3. The van der Waals surface area contributed by atoms with E-state index in [0.29, 0.717) is 13.0 Å². The van der Waals surface area contributed by atoms with Gasteiger partial charge in [-0.1, -0.05) is 57.7 Å². The first-order valence-electron chi connectivity index (χ1n) is 8.30. The molecule has 1 amide bonds. The predicted octanol–water partition coefficient (Wildman–Crippen LogP) is 4.37. The van der Waals surface area contributed by atoms with Crippen LogP contribution in [0.15, 0.2) is 24.3 Å². The van der Waals surface area contributed by atoms with Crippen molar-refractivity contribution in [1.29, 1.82) is 0 Å². The van der Waals surface area contributed by atoms with Crippen LogP contribution in [0.3, 0.4) is 0 Å². The first-order chi connectivity index (χ1) is 10.2. The minimum Gasteiger partial charge on any atom is -0.398 e. The molecule has 2 N–H and O–H groups in total. The van der Waals surface area contributed by atoms with Gasteiger partial charge in [0.15, 0.2) is 0 Å². The predicted molar refractivity (Wildman–Crippen MR) is 89.9 cm³/mol. The van der Waals surface area contributed by atoms with E-state index in [1.165, 1.54) is 19.3 Å². The first-order valence-corrected chi connectivity index (χ1v) is 8.30. The van der Waals surface area contributed by atoms with E-state index in [4.69, 9.17) is 5.73 Å². The number of unbranched alkanes of at least 4 members (excludes halogenated alkanes) is 4. The van der Waals surface area contributed by atoms with E-state index >= 15 is 0 Å². The van der Waals surface area contributed by atoms with E-state index in [1.807, 2.05) is 29.2 Å². The van der Waals surface area contributed by atoms with Crippen molar-refractivity contribution in [1.82, 2.24) is 4.90 Å². The molecular formula is C18H30N2O. The molecule has 0 aliphatic rings. The van der Waals surface area contributed by atoms with Gasteiger partial charge in [-0.05, 0) is 24.5 Å². The molecule has 0 atom stereocenters. The minimum absolute atomic E-state index is 0.261. The topological polar surface area (TPSA) is 46.3 Å². The summed E-state index contributed by atoms with van der Waals surface area (Å²) in [5.74, 6) is 0.261. The fraction of sp³-hybridized carbons (Fsp3) is 0.611. The van der Waals surface area contributed by atoms with Crippen LogP contribution in [0.4, 0.5) is 5.69 Å². The number of para-hydroxylation sites is 1. The molecule has 1 aromatic rings. The molecular weight excluding hydrogens is 260 g/mol. The smallest absolute Gasteiger partial charge is 0.222 e. The summed E-state index contributed by atoms with van der Waals surface area (Å²) in [7, 11) is 0. The van der Waals surface area contributed by atoms with Gasteiger partial charge in [0.25, 0.3) is 0 Å². The second kappa shape index (κ2) is 10.3. The lowest BCUT2D eigenvalue weighted by Crippen LogP contribution is -2.31. The van der Waals surface area contributed by atoms with Gasteiger partial charge in [-0.25, -0.2) is 0 Å². The maximum Gasteiger partial charge on any atom is 0.222 e. The number of hydrogen-bond donors (Lipinski definition) is 1. The zero-order valence-corrected chi connectivity index (χ0v) is 13.6. The molecule has 0 aliphatic heterocycles. The van der Waals surface area contributed by atoms with Crippen LogP contribution in [0.25, 0.3) is 0 Å². The van der Waals surface area contributed by atoms with Gasteiger partial charge in [-0.3, -0.25) is 4.79 Å². The first kappa shape index (κ1) is 17.5. The van der Waals surface area contributed by atoms with Crippen molar-refractivity contribution in [2.45, 2.75) is 65.3 Å². The molecule has 118 valence electrons. The Morgan fingerprint density at radius 3 is 2.43 bits per heavy atom. The van der Waals surface area contributed by atoms with Crippen LogP contribution in [-0.4, -0.2) is 17.4 Å². The number of hydrogen-bond acceptors (Lipinski definition) is 2. The summed E-state index contributed by atoms with van der Waals surface area (Å²) in [5.41, 5.74) is 7.80. The van der Waals surface area contributed by atoms with Crippen molar-refractivity contribution < 1.29 is 4.79 Å². The minimum atomic E-state index is 0.261. The van der Waals surface area contributed by atoms with E-state index in [0.717, 1.165) is 37.1 Å². The molecule has 0 spiro atoms. The number of nitrogens with two attached hydrogens (primary N) is 1. The fourth-order valence-corrected chi connectivity index (χ4v) is 2.48. The van der Waals surface area contributed by atoms with Crippen molar-refractivity contribution in [3.8, 4) is 0 Å². The Labute approximate surface area is 129 Å². The lowest BCUT2D eigenvalue weighted by molar-refractivity contribution is -0.132. The summed E-state index contributed by atoms with van der Waals surface area (Å²) < 4.78 is 0. The number of benzene rings is 1. The zero-order chi connectivity index (χ0) is 15.5. The van der Waals surface area contributed by atoms with Gasteiger partial charge in [-0.15, -0.1) is 0 Å². The quantitative estimate of drug-likeness (QED) is 0.514. The number of nitrogen functional groups attached to an aromatic ring is 1. The molecule has 0 radical (unpaired) electrons. The SMILES string of the molecule is CCCCCCCC(=O)N(CCC)Cc1ccccc1N. The Bertz CT molecular complexity index is 417. The summed E-state index contributed by atoms with van der Waals surface area (Å²) in [5, 5.41) is 0. The fourth-order valence-electron chi connectivity index (χ4n) is 2.48. The number of carbonyl (C=O) groups is 1. The van der Waals surface area contributed by atoms with Crippen LogP contribution < -0.4 is 5.73 Å². The molecule has 1 rings (SSSR count). The molecule has 3 heteroatoms. The van der Waals surface area contributed by atoms with Gasteiger partial charge in [0, 0.05) is 25.2 Å². The molecule has 0 saturated heterocycles. The number of amides is 1. The third kappa shape index (κ3) is 6.65. The Hall–Kier alpha value is -1.51. The van der Waals surface area contributed by atoms with Crippen LogP contribution in [-0.2, 0) is 11.3 Å². The van der Waals surface area contributed by atoms with Gasteiger partial charge >= 0.3 is 0 Å². The van der Waals surface area contributed by atoms with E-state index < -0.39 is 0 Å². The molecule has 0 fully saturated rings. The highest BCUT2D eigenvalue weighted by molar-refractivity contribution is 5.76. The van der Waals surface area contributed by atoms with E-state index in [1.54, 1.807) is 0 Å². The van der Waals surface area contributed by atoms with Crippen LogP contribution in [0, 0.1) is 0 Å². The zero-order valence-electron chi connectivity index (χ0n) is 13.6. The van der Waals surface area contributed by atoms with Crippen LogP contribution in [0.5, 0.6) is 0 Å². The lowest BCUT2D eigenvalue weighted by Gasteiger charge is -2.23. The summed E-state index contributed by atoms with van der Waals surface area (Å²) in [6.45, 7) is 5.75. The number of anilines is 1. The normalized spacial score (nSPS) is 10.6. The van der Waals surface area contributed by atoms with Crippen LogP contribution >= 0.6 is 0 Å². The van der Waals surface area contributed by atoms with Crippen molar-refractivity contribution in [3.63, 3.8) is 0 Å². The maximum absolute atomic E-state index is 12.4. The number of carbonyl (C=O) groups excluding carboxylic acids is 1. The largest absolute Gasteiger partial charge is 0.398 e. The van der Waals surface area contributed by atoms with Gasteiger partial charge in [0.05, 0.1) is 0 Å². The third-order valence-electron chi connectivity index (χ3n) is 3.76. The van der Waals surface area contributed by atoms with Crippen molar-refractivity contribution >= 4 is 11.6 Å². The van der Waals surface area contributed by atoms with Crippen molar-refractivity contribution in [3.05, 3.63) is 29.8 Å². The summed E-state index contributed by atoms with van der Waals surface area (Å²) in [6, 6.07) is 7.81. The van der Waals surface area contributed by atoms with Crippen molar-refractivity contribution in [2.75, 3.05) is 12.3 Å². The van der Waals surface area contributed by atoms with Crippen LogP contribution in [0.2, 0.25) is 0 Å². The van der Waals surface area contributed by atoms with E-state index in [2.05, 4.69) is 13.8 Å². The number of rotatable bonds is 10. The molecule has 3 nitrogen and oxygen atoms in total. The molecule has 21 heavy (non-hydrogen) atoms. The van der Waals surface area contributed by atoms with E-state index in [9.17, 15) is 4.79 Å². The molecule has 0 saturated carbocycles. The Morgan fingerprint density at radius 1 is 1.05 bits per heavy atom. The Morgan fingerprint density at radius 2 is 1.76 bits per heavy atom. The highest BCUT2D eigenvalue weighted by atomic mass is 16.2. The summed E-state index contributed by atoms with van der Waals surface area (Å²) >= 11 is 0. The molecule has 0 aliphatic carbocycles. The average molecular weight is 290 g/mol. The Balaban J connectivity index is 2.48. The van der Waals surface area contributed by atoms with Gasteiger partial charge in [0.2, 0.25) is 5.91 Å². The van der Waals surface area contributed by atoms with Gasteiger partial charge < -0.3 is 10.6 Å². The second-order valence-electron chi connectivity index (χ2n) is 5.68. The van der Waals surface area contributed by atoms with Crippen LogP contribution in [0.1, 0.15) is 64.4 Å². The standard InChI is InChI=1S/C18H30N2O/c1-3-5-6-7-8-13-18(21)20(14-4-2)15-16-11-9-10-12-17(16)19/h9-12H,3-8,13-15,19H2,1-2H3. The molecule has 0 aromatic heterocycles. The van der Waals surface area contributed by atoms with Gasteiger partial charge in [0.1, 0.15) is 0 Å². The Kier molecular flexibility index (Phi) is 8.56. The second-order valence-corrected chi connectivity index (χ2v) is 5.68. The molecule has 0 heterocycles. The van der Waals surface area contributed by atoms with Crippen molar-refractivity contribution in [2.24, 2.45) is 0 Å².